The lowest BCUT2D eigenvalue weighted by atomic mass is 10.1. The van der Waals surface area contributed by atoms with Gasteiger partial charge in [0.25, 0.3) is 5.69 Å². The highest BCUT2D eigenvalue weighted by Gasteiger charge is 2.20. The first kappa shape index (κ1) is 15.6. The molecule has 0 radical (unpaired) electrons. The van der Waals surface area contributed by atoms with Gasteiger partial charge in [-0.1, -0.05) is 42.5 Å². The van der Waals surface area contributed by atoms with Crippen LogP contribution in [0.4, 0.5) is 5.69 Å². The highest BCUT2D eigenvalue weighted by Crippen LogP contribution is 2.28. The quantitative estimate of drug-likeness (QED) is 0.509. The number of rotatable bonds is 5. The van der Waals surface area contributed by atoms with E-state index in [1.54, 1.807) is 12.1 Å². The van der Waals surface area contributed by atoms with Crippen LogP contribution >= 0.6 is 0 Å². The van der Waals surface area contributed by atoms with Crippen LogP contribution < -0.4 is 0 Å². The maximum Gasteiger partial charge on any atom is 0.269 e. The molecule has 126 valence electrons. The minimum absolute atomic E-state index is 0.144. The number of benzene rings is 2. The smallest absolute Gasteiger partial charge is 0.269 e. The number of nitro benzene ring substituents is 1. The van der Waals surface area contributed by atoms with E-state index in [0.717, 1.165) is 31.4 Å². The predicted octanol–water partition coefficient (Wildman–Crippen LogP) is 4.52. The van der Waals surface area contributed by atoms with Crippen molar-refractivity contribution in [2.24, 2.45) is 0 Å². The zero-order valence-corrected chi connectivity index (χ0v) is 14.0. The largest absolute Gasteiger partial charge is 0.344 e. The molecule has 0 saturated heterocycles. The molecular formula is C21H20N2O2. The van der Waals surface area contributed by atoms with Crippen LogP contribution in [0.15, 0.2) is 60.7 Å². The summed E-state index contributed by atoms with van der Waals surface area (Å²) in [5.74, 6) is 0. The zero-order valence-electron chi connectivity index (χ0n) is 14.0. The van der Waals surface area contributed by atoms with Crippen molar-refractivity contribution in [2.75, 3.05) is 0 Å². The van der Waals surface area contributed by atoms with Crippen LogP contribution in [0.3, 0.4) is 0 Å². The van der Waals surface area contributed by atoms with Gasteiger partial charge in [-0.25, -0.2) is 0 Å². The van der Waals surface area contributed by atoms with E-state index < -0.39 is 0 Å². The number of hydrogen-bond donors (Lipinski definition) is 0. The van der Waals surface area contributed by atoms with Crippen molar-refractivity contribution in [1.29, 1.82) is 0 Å². The normalized spacial score (nSPS) is 13.0. The zero-order chi connectivity index (χ0) is 17.2. The molecule has 0 atom stereocenters. The van der Waals surface area contributed by atoms with Crippen molar-refractivity contribution in [3.63, 3.8) is 0 Å². The van der Waals surface area contributed by atoms with Gasteiger partial charge in [-0.05, 0) is 42.0 Å². The number of fused-ring (bicyclic) bond motifs is 1. The molecule has 0 unspecified atom stereocenters. The minimum atomic E-state index is -0.351. The topological polar surface area (TPSA) is 48.1 Å². The van der Waals surface area contributed by atoms with Crippen LogP contribution in [0, 0.1) is 10.1 Å². The van der Waals surface area contributed by atoms with Crippen LogP contribution in [0.5, 0.6) is 0 Å². The Balaban J connectivity index is 1.64. The Bertz CT molecular complexity index is 896. The number of non-ortho nitro benzene ring substituents is 1. The fourth-order valence-electron chi connectivity index (χ4n) is 3.72. The number of hydrogen-bond acceptors (Lipinski definition) is 2. The maximum absolute atomic E-state index is 10.8. The molecule has 0 aliphatic heterocycles. The van der Waals surface area contributed by atoms with Gasteiger partial charge in [0.05, 0.1) is 4.92 Å². The van der Waals surface area contributed by atoms with Gasteiger partial charge >= 0.3 is 0 Å². The van der Waals surface area contributed by atoms with Crippen molar-refractivity contribution in [3.05, 3.63) is 98.9 Å². The van der Waals surface area contributed by atoms with Gasteiger partial charge in [-0.2, -0.15) is 0 Å². The molecule has 1 aliphatic rings. The third-order valence-electron chi connectivity index (χ3n) is 4.96. The average Bonchev–Trinajstić information content (AvgIpc) is 3.19. The summed E-state index contributed by atoms with van der Waals surface area (Å²) in [5, 5.41) is 10.8. The summed E-state index contributed by atoms with van der Waals surface area (Å²) in [6.07, 6.45) is 4.34. The van der Waals surface area contributed by atoms with E-state index in [1.807, 2.05) is 18.2 Å². The Hall–Kier alpha value is -2.88. The van der Waals surface area contributed by atoms with Crippen molar-refractivity contribution >= 4 is 5.69 Å². The standard InChI is InChI=1S/C21H20N2O2/c24-23(25)19-11-9-16(10-12-19)13-20-14-18-7-4-8-21(18)22(20)15-17-5-2-1-3-6-17/h1-3,5-6,9-12,14H,4,7-8,13,15H2. The second-order valence-corrected chi connectivity index (χ2v) is 6.63. The van der Waals surface area contributed by atoms with Crippen LogP contribution in [-0.4, -0.2) is 9.49 Å². The average molecular weight is 332 g/mol. The first-order valence-corrected chi connectivity index (χ1v) is 8.68. The Kier molecular flexibility index (Phi) is 4.10. The number of nitro groups is 1. The number of nitrogens with zero attached hydrogens (tertiary/aromatic N) is 2. The number of aryl methyl sites for hydroxylation is 1. The summed E-state index contributed by atoms with van der Waals surface area (Å²) in [5.41, 5.74) is 6.77. The van der Waals surface area contributed by atoms with Crippen LogP contribution in [0.2, 0.25) is 0 Å². The molecule has 4 heteroatoms. The molecule has 4 nitrogen and oxygen atoms in total. The Morgan fingerprint density at radius 2 is 1.72 bits per heavy atom. The molecule has 1 heterocycles. The van der Waals surface area contributed by atoms with E-state index in [4.69, 9.17) is 0 Å². The molecule has 0 saturated carbocycles. The van der Waals surface area contributed by atoms with E-state index >= 15 is 0 Å². The summed E-state index contributed by atoms with van der Waals surface area (Å²) in [6.45, 7) is 0.887. The third-order valence-corrected chi connectivity index (χ3v) is 4.96. The van der Waals surface area contributed by atoms with Crippen molar-refractivity contribution in [2.45, 2.75) is 32.2 Å². The monoisotopic (exact) mass is 332 g/mol. The summed E-state index contributed by atoms with van der Waals surface area (Å²) in [6, 6.07) is 19.8. The van der Waals surface area contributed by atoms with Crippen molar-refractivity contribution in [3.8, 4) is 0 Å². The Morgan fingerprint density at radius 1 is 0.960 bits per heavy atom. The molecule has 0 N–H and O–H groups in total. The van der Waals surface area contributed by atoms with E-state index in [1.165, 1.54) is 28.9 Å². The van der Waals surface area contributed by atoms with Crippen molar-refractivity contribution in [1.82, 2.24) is 4.57 Å². The summed E-state index contributed by atoms with van der Waals surface area (Å²) in [4.78, 5) is 10.5. The Morgan fingerprint density at radius 3 is 2.44 bits per heavy atom. The van der Waals surface area contributed by atoms with Gasteiger partial charge in [-0.3, -0.25) is 10.1 Å². The SMILES string of the molecule is O=[N+]([O-])c1ccc(Cc2cc3c(n2Cc2ccccc2)CCC3)cc1. The molecule has 2 aromatic carbocycles. The third kappa shape index (κ3) is 3.20. The van der Waals surface area contributed by atoms with E-state index in [0.29, 0.717) is 0 Å². The lowest BCUT2D eigenvalue weighted by molar-refractivity contribution is -0.384. The van der Waals surface area contributed by atoms with Gasteiger partial charge < -0.3 is 4.57 Å². The molecule has 1 aromatic heterocycles. The van der Waals surface area contributed by atoms with E-state index in [-0.39, 0.29) is 10.6 Å². The van der Waals surface area contributed by atoms with Gasteiger partial charge in [0.2, 0.25) is 0 Å². The fourth-order valence-corrected chi connectivity index (χ4v) is 3.72. The molecule has 4 rings (SSSR count). The lowest BCUT2D eigenvalue weighted by Crippen LogP contribution is -2.08. The van der Waals surface area contributed by atoms with Gasteiger partial charge in [0, 0.05) is 36.5 Å². The highest BCUT2D eigenvalue weighted by atomic mass is 16.6. The Labute approximate surface area is 146 Å². The fraction of sp³-hybridized carbons (Fsp3) is 0.238. The molecule has 0 bridgehead atoms. The van der Waals surface area contributed by atoms with E-state index in [2.05, 4.69) is 34.9 Å². The molecule has 3 aromatic rings. The second-order valence-electron chi connectivity index (χ2n) is 6.63. The van der Waals surface area contributed by atoms with Gasteiger partial charge in [0.15, 0.2) is 0 Å². The van der Waals surface area contributed by atoms with Gasteiger partial charge in [0.1, 0.15) is 0 Å². The molecule has 1 aliphatic carbocycles. The molecule has 0 fully saturated rings. The van der Waals surface area contributed by atoms with Crippen molar-refractivity contribution < 1.29 is 4.92 Å². The first-order valence-electron chi connectivity index (χ1n) is 8.68. The van der Waals surface area contributed by atoms with Crippen LogP contribution in [0.25, 0.3) is 0 Å². The summed E-state index contributed by atoms with van der Waals surface area (Å²) >= 11 is 0. The predicted molar refractivity (Wildman–Crippen MR) is 97.9 cm³/mol. The van der Waals surface area contributed by atoms with Crippen LogP contribution in [0.1, 0.15) is 34.5 Å². The second kappa shape index (κ2) is 6.55. The van der Waals surface area contributed by atoms with E-state index in [9.17, 15) is 10.1 Å². The number of aromatic nitrogens is 1. The summed E-state index contributed by atoms with van der Waals surface area (Å²) in [7, 11) is 0. The lowest BCUT2D eigenvalue weighted by Gasteiger charge is -2.13. The first-order chi connectivity index (χ1) is 12.2. The minimum Gasteiger partial charge on any atom is -0.344 e. The highest BCUT2D eigenvalue weighted by molar-refractivity contribution is 5.38. The maximum atomic E-state index is 10.8. The van der Waals surface area contributed by atoms with Crippen LogP contribution in [-0.2, 0) is 25.8 Å². The van der Waals surface area contributed by atoms with Gasteiger partial charge in [-0.15, -0.1) is 0 Å². The molecule has 0 amide bonds. The molecule has 25 heavy (non-hydrogen) atoms. The summed E-state index contributed by atoms with van der Waals surface area (Å²) < 4.78 is 2.44. The molecule has 0 spiro atoms. The molecular weight excluding hydrogens is 312 g/mol.